The van der Waals surface area contributed by atoms with Gasteiger partial charge in [-0.05, 0) is 96.0 Å². The van der Waals surface area contributed by atoms with Crippen LogP contribution in [-0.2, 0) is 20.9 Å². The van der Waals surface area contributed by atoms with E-state index in [4.69, 9.17) is 11.6 Å². The van der Waals surface area contributed by atoms with Gasteiger partial charge in [0.15, 0.2) is 12.3 Å². The van der Waals surface area contributed by atoms with E-state index in [0.717, 1.165) is 76.1 Å². The Hall–Kier alpha value is -3.97. The fraction of sp³-hybridized carbons (Fsp3) is 0.326. The van der Waals surface area contributed by atoms with Crippen LogP contribution in [0.25, 0.3) is 21.5 Å². The number of hydrogen-bond acceptors (Lipinski definition) is 3. The van der Waals surface area contributed by atoms with Crippen LogP contribution < -0.4 is 4.90 Å². The molecule has 0 unspecified atom stereocenters. The maximum Gasteiger partial charge on any atom is 0.271 e. The van der Waals surface area contributed by atoms with Gasteiger partial charge >= 0.3 is 0 Å². The summed E-state index contributed by atoms with van der Waals surface area (Å²) in [6, 6.07) is 25.7. The zero-order valence-corrected chi connectivity index (χ0v) is 31.2. The van der Waals surface area contributed by atoms with Gasteiger partial charge in [0.1, 0.15) is 5.75 Å². The van der Waals surface area contributed by atoms with E-state index in [1.807, 2.05) is 12.1 Å². The van der Waals surface area contributed by atoms with E-state index in [1.54, 1.807) is 0 Å². The van der Waals surface area contributed by atoms with E-state index in [0.29, 0.717) is 0 Å². The van der Waals surface area contributed by atoms with Gasteiger partial charge in [-0.2, -0.15) is 13.0 Å². The second-order valence-electron chi connectivity index (χ2n) is 14.9. The molecule has 0 atom stereocenters. The van der Waals surface area contributed by atoms with Crippen molar-refractivity contribution in [2.75, 3.05) is 23.7 Å². The van der Waals surface area contributed by atoms with Crippen molar-refractivity contribution in [1.82, 2.24) is 0 Å². The van der Waals surface area contributed by atoms with E-state index in [9.17, 15) is 13.0 Å². The first kappa shape index (κ1) is 34.5. The Labute approximate surface area is 301 Å². The number of fused-ring (bicyclic) bond motifs is 6. The first-order valence-corrected chi connectivity index (χ1v) is 19.7. The van der Waals surface area contributed by atoms with Crippen molar-refractivity contribution in [2.45, 2.75) is 71.1 Å². The fourth-order valence-corrected chi connectivity index (χ4v) is 9.28. The molecule has 0 saturated carbocycles. The van der Waals surface area contributed by atoms with Crippen molar-refractivity contribution >= 4 is 60.4 Å². The molecule has 1 N–H and O–H groups in total. The predicted molar refractivity (Wildman–Crippen MR) is 210 cm³/mol. The number of anilines is 1. The Kier molecular flexibility index (Phi) is 8.95. The Bertz CT molecular complexity index is 2310. The van der Waals surface area contributed by atoms with Gasteiger partial charge in [-0.3, -0.25) is 4.55 Å². The van der Waals surface area contributed by atoms with E-state index < -0.39 is 15.5 Å². The van der Waals surface area contributed by atoms with E-state index in [-0.39, 0.29) is 17.7 Å². The Morgan fingerprint density at radius 3 is 2.18 bits per heavy atom. The molecule has 0 amide bonds. The molecule has 50 heavy (non-hydrogen) atoms. The molecule has 258 valence electrons. The Balaban J connectivity index is 1.27. The number of allylic oxidation sites excluding steroid dienone is 8. The average molecular weight is 706 g/mol. The molecular weight excluding hydrogens is 660 g/mol. The summed E-state index contributed by atoms with van der Waals surface area (Å²) in [6.45, 7) is 12.4. The largest absolute Gasteiger partial charge is 0.344 e. The molecule has 0 aromatic heterocycles. The van der Waals surface area contributed by atoms with Crippen molar-refractivity contribution in [3.63, 3.8) is 0 Å². The maximum atomic E-state index is 11.9. The van der Waals surface area contributed by atoms with Gasteiger partial charge < -0.3 is 4.90 Å². The minimum Gasteiger partial charge on any atom is -0.344 e. The van der Waals surface area contributed by atoms with Crippen LogP contribution in [0.1, 0.15) is 71.4 Å². The lowest BCUT2D eigenvalue weighted by Crippen LogP contribution is -2.29. The van der Waals surface area contributed by atoms with Gasteiger partial charge in [0, 0.05) is 46.1 Å². The summed E-state index contributed by atoms with van der Waals surface area (Å²) in [6.07, 6.45) is 12.6. The predicted octanol–water partition coefficient (Wildman–Crippen LogP) is 10.5. The molecule has 0 bridgehead atoms. The van der Waals surface area contributed by atoms with Crippen LogP contribution in [0.4, 0.5) is 11.4 Å². The summed E-state index contributed by atoms with van der Waals surface area (Å²) in [5.74, 6) is -0.358. The van der Waals surface area contributed by atoms with Crippen molar-refractivity contribution in [2.24, 2.45) is 0 Å². The molecule has 0 spiro atoms. The summed E-state index contributed by atoms with van der Waals surface area (Å²) in [5, 5.41) is 5.64. The van der Waals surface area contributed by atoms with Crippen molar-refractivity contribution < 1.29 is 17.5 Å². The first-order valence-electron chi connectivity index (χ1n) is 17.7. The smallest absolute Gasteiger partial charge is 0.271 e. The van der Waals surface area contributed by atoms with Crippen LogP contribution in [0.3, 0.4) is 0 Å². The second-order valence-corrected chi connectivity index (χ2v) is 16.8. The molecule has 0 fully saturated rings. The van der Waals surface area contributed by atoms with Gasteiger partial charge in [0.2, 0.25) is 5.69 Å². The number of rotatable bonds is 8. The summed E-state index contributed by atoms with van der Waals surface area (Å²) >= 11 is 7.23. The average Bonchev–Trinajstić information content (AvgIpc) is 3.44. The van der Waals surface area contributed by atoms with E-state index >= 15 is 0 Å². The van der Waals surface area contributed by atoms with Crippen molar-refractivity contribution in [1.29, 1.82) is 0 Å². The molecule has 2 heterocycles. The molecule has 1 aliphatic carbocycles. The third kappa shape index (κ3) is 5.95. The molecular formula is C43H46ClN2O3S+. The highest BCUT2D eigenvalue weighted by molar-refractivity contribution is 7.85. The lowest BCUT2D eigenvalue weighted by Gasteiger charge is -2.27. The zero-order chi connectivity index (χ0) is 35.4. The fourth-order valence-electron chi connectivity index (χ4n) is 8.55. The van der Waals surface area contributed by atoms with Crippen LogP contribution in [-0.4, -0.2) is 42.1 Å². The Morgan fingerprint density at radius 1 is 0.840 bits per heavy atom. The molecule has 3 aliphatic rings. The van der Waals surface area contributed by atoms with Crippen LogP contribution in [0.2, 0.25) is 0 Å². The number of halogens is 1. The van der Waals surface area contributed by atoms with Crippen LogP contribution in [0.5, 0.6) is 0 Å². The van der Waals surface area contributed by atoms with Gasteiger partial charge in [-0.25, -0.2) is 0 Å². The van der Waals surface area contributed by atoms with E-state index in [1.165, 1.54) is 27.7 Å². The summed E-state index contributed by atoms with van der Waals surface area (Å²) < 4.78 is 35.6. The second kappa shape index (κ2) is 13.0. The maximum absolute atomic E-state index is 11.9. The Morgan fingerprint density at radius 2 is 1.50 bits per heavy atom. The standard InChI is InChI=1S/C43H45ClN2O3S/c1-6-26-45-35-22-18-29-12-7-9-16-33(29)39(35)42(2,3)37(45)24-20-31-14-11-15-32(41(31)44)21-25-38-43(4,5)40-34-17-10-8-13-30(34)19-23-36(40)46(38)27-28-50(47,48)49/h7-10,12-13,16-25H,6,11,14-15,26-28H2,1-5H3/p+1. The van der Waals surface area contributed by atoms with Gasteiger partial charge in [-0.15, -0.1) is 0 Å². The highest BCUT2D eigenvalue weighted by Gasteiger charge is 2.46. The highest BCUT2D eigenvalue weighted by Crippen LogP contribution is 2.51. The first-order chi connectivity index (χ1) is 23.8. The molecule has 0 radical (unpaired) electrons. The van der Waals surface area contributed by atoms with Crippen LogP contribution in [0.15, 0.2) is 119 Å². The molecule has 5 nitrogen and oxygen atoms in total. The molecule has 4 aromatic rings. The highest BCUT2D eigenvalue weighted by atomic mass is 35.5. The van der Waals surface area contributed by atoms with Crippen molar-refractivity contribution in [3.8, 4) is 0 Å². The van der Waals surface area contributed by atoms with E-state index in [2.05, 4.69) is 129 Å². The minimum atomic E-state index is -4.15. The topological polar surface area (TPSA) is 60.6 Å². The summed E-state index contributed by atoms with van der Waals surface area (Å²) in [7, 11) is -4.15. The lowest BCUT2D eigenvalue weighted by atomic mass is 9.78. The molecule has 7 rings (SSSR count). The lowest BCUT2D eigenvalue weighted by molar-refractivity contribution is -0.432. The molecule has 7 heteroatoms. The van der Waals surface area contributed by atoms with Crippen molar-refractivity contribution in [3.05, 3.63) is 130 Å². The number of benzene rings is 4. The van der Waals surface area contributed by atoms with Gasteiger partial charge in [0.25, 0.3) is 10.1 Å². The molecule has 2 aliphatic heterocycles. The normalized spacial score (nSPS) is 20.3. The van der Waals surface area contributed by atoms with Gasteiger partial charge in [-0.1, -0.05) is 99.1 Å². The summed E-state index contributed by atoms with van der Waals surface area (Å²) in [5.41, 5.74) is 8.69. The third-order valence-corrected chi connectivity index (χ3v) is 12.1. The zero-order valence-electron chi connectivity index (χ0n) is 29.6. The number of hydrogen-bond donors (Lipinski definition) is 1. The summed E-state index contributed by atoms with van der Waals surface area (Å²) in [4.78, 5) is 2.49. The number of nitrogens with zero attached hydrogens (tertiary/aromatic N) is 2. The monoisotopic (exact) mass is 705 g/mol. The SMILES string of the molecule is CCCN1/C(=C/C=C2\CCCC(/C=C/C3=[N+](CCS(=O)(=O)O)c4ccc5ccccc5c4C3(C)C)=C2Cl)C(C)(C)c2c1ccc1ccccc21. The minimum absolute atomic E-state index is 0.153. The van der Waals surface area contributed by atoms with Gasteiger partial charge in [0.05, 0.1) is 5.41 Å². The van der Waals surface area contributed by atoms with Crippen LogP contribution >= 0.6 is 11.6 Å². The molecule has 0 saturated heterocycles. The third-order valence-electron chi connectivity index (χ3n) is 10.9. The molecule has 4 aromatic carbocycles. The quantitative estimate of drug-likeness (QED) is 0.146. The van der Waals surface area contributed by atoms with Crippen LogP contribution in [0, 0.1) is 0 Å².